The lowest BCUT2D eigenvalue weighted by atomic mass is 10.2. The van der Waals surface area contributed by atoms with Crippen LogP contribution in [0.4, 0.5) is 11.4 Å². The molecule has 1 amide bonds. The number of benzene rings is 2. The quantitative estimate of drug-likeness (QED) is 0.457. The van der Waals surface area contributed by atoms with E-state index in [-0.39, 0.29) is 5.91 Å². The van der Waals surface area contributed by atoms with Gasteiger partial charge in [-0.15, -0.1) is 0 Å². The second-order valence-corrected chi connectivity index (χ2v) is 7.94. The molecular weight excluding hydrogens is 416 g/mol. The van der Waals surface area contributed by atoms with Crippen LogP contribution in [-0.4, -0.2) is 65.0 Å². The van der Waals surface area contributed by atoms with Crippen molar-refractivity contribution in [2.24, 2.45) is 0 Å². The number of nitrogens with one attached hydrogen (secondary N) is 2. The molecule has 168 valence electrons. The molecule has 2 aromatic heterocycles. The van der Waals surface area contributed by atoms with Crippen molar-refractivity contribution in [3.8, 4) is 5.69 Å². The van der Waals surface area contributed by atoms with Crippen molar-refractivity contribution in [1.29, 1.82) is 0 Å². The van der Waals surface area contributed by atoms with Crippen molar-refractivity contribution in [2.45, 2.75) is 0 Å². The summed E-state index contributed by atoms with van der Waals surface area (Å²) in [6.07, 6.45) is 3.57. The number of rotatable bonds is 7. The molecule has 8 heteroatoms. The first-order chi connectivity index (χ1) is 16.3. The van der Waals surface area contributed by atoms with Gasteiger partial charge < -0.3 is 15.4 Å². The Morgan fingerprint density at radius 3 is 2.67 bits per heavy atom. The molecule has 3 heterocycles. The van der Waals surface area contributed by atoms with Gasteiger partial charge in [0, 0.05) is 42.8 Å². The van der Waals surface area contributed by atoms with Gasteiger partial charge in [-0.3, -0.25) is 9.69 Å². The van der Waals surface area contributed by atoms with Gasteiger partial charge >= 0.3 is 0 Å². The molecule has 1 fully saturated rings. The zero-order valence-corrected chi connectivity index (χ0v) is 18.3. The molecule has 33 heavy (non-hydrogen) atoms. The van der Waals surface area contributed by atoms with Gasteiger partial charge in [-0.1, -0.05) is 24.3 Å². The van der Waals surface area contributed by atoms with Crippen LogP contribution in [-0.2, 0) is 4.74 Å². The summed E-state index contributed by atoms with van der Waals surface area (Å²) in [6.45, 7) is 4.76. The molecule has 2 N–H and O–H groups in total. The van der Waals surface area contributed by atoms with Crippen LogP contribution in [0.3, 0.4) is 0 Å². The number of amides is 1. The third-order valence-corrected chi connectivity index (χ3v) is 5.64. The number of morpholine rings is 1. The maximum Gasteiger partial charge on any atom is 0.251 e. The minimum absolute atomic E-state index is 0.0936. The molecular formula is C25H26N6O2. The molecule has 0 unspecified atom stereocenters. The number of aromatic nitrogens is 3. The van der Waals surface area contributed by atoms with Crippen molar-refractivity contribution in [3.05, 3.63) is 78.6 Å². The van der Waals surface area contributed by atoms with Gasteiger partial charge in [0.15, 0.2) is 5.65 Å². The first kappa shape index (κ1) is 21.1. The molecule has 8 nitrogen and oxygen atoms in total. The number of pyridine rings is 1. The fourth-order valence-electron chi connectivity index (χ4n) is 3.90. The van der Waals surface area contributed by atoms with E-state index in [0.29, 0.717) is 12.1 Å². The second-order valence-electron chi connectivity index (χ2n) is 7.94. The topological polar surface area (TPSA) is 84.3 Å². The number of ether oxygens (including phenoxy) is 1. The summed E-state index contributed by atoms with van der Waals surface area (Å²) in [5.74, 6) is -0.0936. The summed E-state index contributed by atoms with van der Waals surface area (Å²) >= 11 is 0. The van der Waals surface area contributed by atoms with Crippen LogP contribution in [0.1, 0.15) is 10.4 Å². The van der Waals surface area contributed by atoms with Crippen LogP contribution in [0.5, 0.6) is 0 Å². The molecule has 4 aromatic rings. The van der Waals surface area contributed by atoms with Crippen LogP contribution < -0.4 is 10.6 Å². The lowest BCUT2D eigenvalue weighted by Crippen LogP contribution is -2.41. The predicted molar refractivity (Wildman–Crippen MR) is 128 cm³/mol. The molecule has 2 aromatic carbocycles. The largest absolute Gasteiger partial charge is 0.379 e. The average molecular weight is 443 g/mol. The molecule has 0 bridgehead atoms. The minimum Gasteiger partial charge on any atom is -0.379 e. The average Bonchev–Trinajstić information content (AvgIpc) is 3.29. The van der Waals surface area contributed by atoms with E-state index in [2.05, 4.69) is 25.6 Å². The molecule has 0 saturated carbocycles. The molecule has 1 saturated heterocycles. The Hall–Kier alpha value is -3.75. The summed E-state index contributed by atoms with van der Waals surface area (Å²) in [5.41, 5.74) is 4.01. The lowest BCUT2D eigenvalue weighted by molar-refractivity contribution is 0.0383. The normalized spacial score (nSPS) is 14.3. The predicted octanol–water partition coefficient (Wildman–Crippen LogP) is 3.23. The smallest absolute Gasteiger partial charge is 0.251 e. The number of para-hydroxylation sites is 1. The van der Waals surface area contributed by atoms with Gasteiger partial charge in [0.1, 0.15) is 0 Å². The Labute approximate surface area is 192 Å². The van der Waals surface area contributed by atoms with E-state index >= 15 is 0 Å². The summed E-state index contributed by atoms with van der Waals surface area (Å²) in [5, 5.41) is 11.8. The van der Waals surface area contributed by atoms with Crippen LogP contribution in [0, 0.1) is 0 Å². The molecule has 1 aliphatic heterocycles. The highest BCUT2D eigenvalue weighted by Crippen LogP contribution is 2.22. The highest BCUT2D eigenvalue weighted by Gasteiger charge is 2.13. The van der Waals surface area contributed by atoms with Crippen LogP contribution >= 0.6 is 0 Å². The maximum atomic E-state index is 12.7. The number of nitrogens with zero attached hydrogens (tertiary/aromatic N) is 4. The van der Waals surface area contributed by atoms with Gasteiger partial charge in [0.05, 0.1) is 37.0 Å². The summed E-state index contributed by atoms with van der Waals surface area (Å²) in [6, 6.07) is 19.4. The Balaban J connectivity index is 1.28. The van der Waals surface area contributed by atoms with E-state index in [1.165, 1.54) is 0 Å². The van der Waals surface area contributed by atoms with Crippen LogP contribution in [0.2, 0.25) is 0 Å². The fourth-order valence-corrected chi connectivity index (χ4v) is 3.90. The Morgan fingerprint density at radius 2 is 1.82 bits per heavy atom. The fraction of sp³-hybridized carbons (Fsp3) is 0.240. The number of anilines is 2. The van der Waals surface area contributed by atoms with E-state index in [9.17, 15) is 4.79 Å². The molecule has 0 aliphatic carbocycles. The minimum atomic E-state index is -0.0936. The highest BCUT2D eigenvalue weighted by molar-refractivity contribution is 5.94. The zero-order valence-electron chi connectivity index (χ0n) is 18.3. The maximum absolute atomic E-state index is 12.7. The van der Waals surface area contributed by atoms with E-state index in [1.54, 1.807) is 17.1 Å². The van der Waals surface area contributed by atoms with Gasteiger partial charge in [-0.25, -0.2) is 9.67 Å². The number of carbonyl (C=O) groups is 1. The van der Waals surface area contributed by atoms with Gasteiger partial charge in [-0.2, -0.15) is 5.10 Å². The first-order valence-corrected chi connectivity index (χ1v) is 11.1. The molecule has 1 aliphatic rings. The highest BCUT2D eigenvalue weighted by atomic mass is 16.5. The SMILES string of the molecule is O=C(NCCN1CCOCC1)c1cccc(-n2ncc3cc(Nc4ccccc4)cnc32)c1. The van der Waals surface area contributed by atoms with Crippen molar-refractivity contribution in [1.82, 2.24) is 25.0 Å². The van der Waals surface area contributed by atoms with Gasteiger partial charge in [0.25, 0.3) is 5.91 Å². The molecule has 0 atom stereocenters. The Bertz CT molecular complexity index is 1230. The van der Waals surface area contributed by atoms with Crippen LogP contribution in [0.25, 0.3) is 16.7 Å². The molecule has 0 spiro atoms. The number of hydrogen-bond acceptors (Lipinski definition) is 6. The standard InChI is InChI=1S/C25H26N6O2/c32-25(26-9-10-30-11-13-33-14-12-30)19-5-4-8-23(16-19)31-24-20(17-28-31)15-22(18-27-24)29-21-6-2-1-3-7-21/h1-8,15-18,29H,9-14H2,(H,26,32). The third-order valence-electron chi connectivity index (χ3n) is 5.64. The van der Waals surface area contributed by atoms with Gasteiger partial charge in [-0.05, 0) is 36.4 Å². The Kier molecular flexibility index (Phi) is 6.27. The summed E-state index contributed by atoms with van der Waals surface area (Å²) in [7, 11) is 0. The molecule has 5 rings (SSSR count). The van der Waals surface area contributed by atoms with Crippen LogP contribution in [0.15, 0.2) is 73.1 Å². The van der Waals surface area contributed by atoms with E-state index < -0.39 is 0 Å². The van der Waals surface area contributed by atoms with Crippen molar-refractivity contribution >= 4 is 28.3 Å². The summed E-state index contributed by atoms with van der Waals surface area (Å²) < 4.78 is 7.12. The number of hydrogen-bond donors (Lipinski definition) is 2. The summed E-state index contributed by atoms with van der Waals surface area (Å²) in [4.78, 5) is 19.6. The Morgan fingerprint density at radius 1 is 0.970 bits per heavy atom. The van der Waals surface area contributed by atoms with E-state index in [1.807, 2.05) is 60.7 Å². The van der Waals surface area contributed by atoms with Gasteiger partial charge in [0.2, 0.25) is 0 Å². The van der Waals surface area contributed by atoms with E-state index in [0.717, 1.165) is 60.9 Å². The first-order valence-electron chi connectivity index (χ1n) is 11.1. The number of carbonyl (C=O) groups excluding carboxylic acids is 1. The number of fused-ring (bicyclic) bond motifs is 1. The third kappa shape index (κ3) is 5.02. The van der Waals surface area contributed by atoms with Crippen molar-refractivity contribution in [3.63, 3.8) is 0 Å². The van der Waals surface area contributed by atoms with E-state index in [4.69, 9.17) is 4.74 Å². The second kappa shape index (κ2) is 9.81. The van der Waals surface area contributed by atoms with Crippen molar-refractivity contribution in [2.75, 3.05) is 44.7 Å². The molecule has 0 radical (unpaired) electrons. The van der Waals surface area contributed by atoms with Crippen molar-refractivity contribution < 1.29 is 9.53 Å². The lowest BCUT2D eigenvalue weighted by Gasteiger charge is -2.26. The zero-order chi connectivity index (χ0) is 22.5. The monoisotopic (exact) mass is 442 g/mol.